The highest BCUT2D eigenvalue weighted by molar-refractivity contribution is 5.84. The Hall–Kier alpha value is -1.95. The van der Waals surface area contributed by atoms with E-state index in [0.717, 1.165) is 0 Å². The number of rotatable bonds is 7. The van der Waals surface area contributed by atoms with Crippen LogP contribution in [-0.2, 0) is 47.5 Å². The first-order valence-electron chi connectivity index (χ1n) is 19.1. The van der Waals surface area contributed by atoms with Gasteiger partial charge in [0.05, 0.1) is 47.5 Å². The van der Waals surface area contributed by atoms with E-state index in [1.807, 2.05) is 25.9 Å². The van der Waals surface area contributed by atoms with Gasteiger partial charge >= 0.3 is 12.1 Å². The molecule has 0 spiro atoms. The predicted molar refractivity (Wildman–Crippen MR) is 189 cm³/mol. The Balaban J connectivity index is 1.84. The van der Waals surface area contributed by atoms with Crippen molar-refractivity contribution in [3.8, 4) is 0 Å². The smallest absolute Gasteiger partial charge is 0.458 e. The van der Waals surface area contributed by atoms with Crippen molar-refractivity contribution in [1.29, 1.82) is 0 Å². The number of aliphatic hydroxyl groups is 3. The number of ketones is 1. The van der Waals surface area contributed by atoms with Gasteiger partial charge in [-0.3, -0.25) is 9.59 Å². The second kappa shape index (κ2) is 16.6. The molecular weight excluding hydrogens is 694 g/mol. The SMILES string of the molecule is CC[C@@H]1OC(=O)[C@@H](C)C(O[C@@H]2C[C@](C)(OC)[C@H](O)[C@@H](C)O2)[C@@H](C)[C@H](O[C@H]2O[C@@H](C)C[C@@H](N(C)C)[C@@H]2O)[C@@](C)(O)C[C@H](C)C(=O)[C@@H](C)C2OC(=O)OC21C. The third kappa shape index (κ3) is 8.88. The normalized spacial score (nSPS) is 49.1. The van der Waals surface area contributed by atoms with Crippen LogP contribution in [0, 0.1) is 23.7 Å². The summed E-state index contributed by atoms with van der Waals surface area (Å²) in [5.74, 6) is -4.54. The Morgan fingerprint density at radius 2 is 1.55 bits per heavy atom. The van der Waals surface area contributed by atoms with Crippen LogP contribution in [0.25, 0.3) is 0 Å². The van der Waals surface area contributed by atoms with E-state index in [4.69, 9.17) is 37.9 Å². The van der Waals surface area contributed by atoms with E-state index < -0.39 is 108 Å². The van der Waals surface area contributed by atoms with Gasteiger partial charge in [-0.2, -0.15) is 0 Å². The van der Waals surface area contributed by atoms with Crippen molar-refractivity contribution in [1.82, 2.24) is 4.90 Å². The van der Waals surface area contributed by atoms with Gasteiger partial charge in [0.15, 0.2) is 24.3 Å². The third-order valence-electron chi connectivity index (χ3n) is 12.3. The van der Waals surface area contributed by atoms with Crippen molar-refractivity contribution < 1.29 is 67.6 Å². The molecule has 0 aromatic carbocycles. The largest absolute Gasteiger partial charge is 0.509 e. The quantitative estimate of drug-likeness (QED) is 0.321. The van der Waals surface area contributed by atoms with E-state index in [1.165, 1.54) is 7.11 Å². The van der Waals surface area contributed by atoms with E-state index in [-0.39, 0.29) is 37.2 Å². The number of Topliss-reactive ketones (excluding diaryl/α,β-unsaturated/α-hetero) is 1. The number of carbonyl (C=O) groups is 3. The van der Waals surface area contributed by atoms with Gasteiger partial charge in [-0.25, -0.2) is 4.79 Å². The molecule has 4 aliphatic heterocycles. The molecule has 0 amide bonds. The van der Waals surface area contributed by atoms with E-state index in [2.05, 4.69) is 0 Å². The second-order valence-corrected chi connectivity index (χ2v) is 16.9. The lowest BCUT2D eigenvalue weighted by Crippen LogP contribution is -2.61. The summed E-state index contributed by atoms with van der Waals surface area (Å²) in [5.41, 5.74) is -4.33. The van der Waals surface area contributed by atoms with E-state index in [0.29, 0.717) is 6.42 Å². The average molecular weight is 760 g/mol. The van der Waals surface area contributed by atoms with Crippen LogP contribution in [0.2, 0.25) is 0 Å². The zero-order valence-corrected chi connectivity index (χ0v) is 33.8. The minimum atomic E-state index is -1.78. The summed E-state index contributed by atoms with van der Waals surface area (Å²) in [6.07, 6.45) is -9.81. The Morgan fingerprint density at radius 3 is 2.13 bits per heavy atom. The van der Waals surface area contributed by atoms with Crippen LogP contribution in [0.3, 0.4) is 0 Å². The maximum Gasteiger partial charge on any atom is 0.509 e. The number of fused-ring (bicyclic) bond motifs is 1. The summed E-state index contributed by atoms with van der Waals surface area (Å²) >= 11 is 0. The molecule has 0 aromatic rings. The summed E-state index contributed by atoms with van der Waals surface area (Å²) in [4.78, 5) is 43.0. The summed E-state index contributed by atoms with van der Waals surface area (Å²) in [7, 11) is 5.20. The van der Waals surface area contributed by atoms with Crippen molar-refractivity contribution >= 4 is 17.9 Å². The molecule has 4 rings (SSSR count). The van der Waals surface area contributed by atoms with Gasteiger partial charge in [0, 0.05) is 31.4 Å². The lowest BCUT2D eigenvalue weighted by Gasteiger charge is -2.49. The molecule has 0 aromatic heterocycles. The number of nitrogens with zero attached hydrogens (tertiary/aromatic N) is 1. The van der Waals surface area contributed by atoms with Gasteiger partial charge in [-0.05, 0) is 74.9 Å². The number of esters is 1. The maximum atomic E-state index is 14.3. The highest BCUT2D eigenvalue weighted by Gasteiger charge is 2.59. The molecule has 0 bridgehead atoms. The fourth-order valence-corrected chi connectivity index (χ4v) is 9.03. The van der Waals surface area contributed by atoms with Crippen molar-refractivity contribution in [2.45, 2.75) is 179 Å². The van der Waals surface area contributed by atoms with E-state index in [9.17, 15) is 29.7 Å². The van der Waals surface area contributed by atoms with Crippen LogP contribution in [0.5, 0.6) is 0 Å². The number of aliphatic hydroxyl groups excluding tert-OH is 2. The standard InChI is InChI=1S/C38H65NO14/c1-14-25-38(10)32(52-35(44)53-38)20(4)27(40)18(2)16-36(8,45)31(51-34-28(41)24(39(11)12)15-19(3)47-34)21(5)29(22(6)33(43)49-25)50-26-17-37(9,46-13)30(42)23(7)48-26/h18-26,28-32,34,41-42,45H,14-17H2,1-13H3/t18-,19-,20+,21+,22-,23+,24+,25-,26+,28-,29?,30+,31-,32?,34+,36-,37-,38?/m0/s1. The number of methoxy groups -OCH3 is 1. The van der Waals surface area contributed by atoms with Gasteiger partial charge in [0.1, 0.15) is 24.1 Å². The fraction of sp³-hybridized carbons (Fsp3) is 0.921. The van der Waals surface area contributed by atoms with E-state index >= 15 is 0 Å². The summed E-state index contributed by atoms with van der Waals surface area (Å²) in [6, 6.07) is -0.322. The highest BCUT2D eigenvalue weighted by Crippen LogP contribution is 2.43. The summed E-state index contributed by atoms with van der Waals surface area (Å²) in [6.45, 7) is 16.9. The monoisotopic (exact) mass is 759 g/mol. The predicted octanol–water partition coefficient (Wildman–Crippen LogP) is 2.97. The summed E-state index contributed by atoms with van der Waals surface area (Å²) in [5, 5.41) is 34.9. The fourth-order valence-electron chi connectivity index (χ4n) is 9.03. The minimum Gasteiger partial charge on any atom is -0.458 e. The lowest BCUT2D eigenvalue weighted by molar-refractivity contribution is -0.318. The average Bonchev–Trinajstić information content (AvgIpc) is 3.40. The number of carbonyl (C=O) groups excluding carboxylic acids is 3. The minimum absolute atomic E-state index is 0.0996. The van der Waals surface area contributed by atoms with Crippen LogP contribution in [0.4, 0.5) is 4.79 Å². The number of hydrogen-bond donors (Lipinski definition) is 3. The number of hydrogen-bond acceptors (Lipinski definition) is 15. The number of ether oxygens (including phenoxy) is 8. The molecule has 0 saturated carbocycles. The first-order valence-corrected chi connectivity index (χ1v) is 19.1. The zero-order valence-electron chi connectivity index (χ0n) is 33.8. The van der Waals surface area contributed by atoms with Gasteiger partial charge < -0.3 is 58.1 Å². The third-order valence-corrected chi connectivity index (χ3v) is 12.3. The first kappa shape index (κ1) is 43.8. The Bertz CT molecular complexity index is 1300. The Labute approximate surface area is 314 Å². The van der Waals surface area contributed by atoms with Gasteiger partial charge in [0.25, 0.3) is 0 Å². The molecule has 3 unspecified atom stereocenters. The molecule has 0 aliphatic carbocycles. The van der Waals surface area contributed by atoms with Crippen molar-refractivity contribution in [2.75, 3.05) is 21.2 Å². The Morgan fingerprint density at radius 1 is 0.906 bits per heavy atom. The molecule has 4 saturated heterocycles. The maximum absolute atomic E-state index is 14.3. The number of likely N-dealkylation sites (N-methyl/N-ethyl adjacent to an activating group) is 1. The van der Waals surface area contributed by atoms with Gasteiger partial charge in [0.2, 0.25) is 0 Å². The van der Waals surface area contributed by atoms with Gasteiger partial charge in [-0.1, -0.05) is 27.7 Å². The molecular formula is C38H65NO14. The Kier molecular flexibility index (Phi) is 13.7. The molecule has 4 heterocycles. The molecule has 15 heteroatoms. The van der Waals surface area contributed by atoms with Crippen molar-refractivity contribution in [3.63, 3.8) is 0 Å². The molecule has 53 heavy (non-hydrogen) atoms. The molecule has 4 fully saturated rings. The van der Waals surface area contributed by atoms with Crippen LogP contribution in [-0.4, -0.2) is 144 Å². The topological polar surface area (TPSA) is 189 Å². The van der Waals surface area contributed by atoms with E-state index in [1.54, 1.807) is 62.3 Å². The van der Waals surface area contributed by atoms with Crippen LogP contribution < -0.4 is 0 Å². The lowest BCUT2D eigenvalue weighted by atomic mass is 9.74. The van der Waals surface area contributed by atoms with Crippen molar-refractivity contribution in [3.05, 3.63) is 0 Å². The number of cyclic esters (lactones) is 1. The molecule has 3 N–H and O–H groups in total. The van der Waals surface area contributed by atoms with Crippen LogP contribution in [0.15, 0.2) is 0 Å². The molecule has 0 radical (unpaired) electrons. The van der Waals surface area contributed by atoms with Crippen LogP contribution in [0.1, 0.15) is 94.9 Å². The van der Waals surface area contributed by atoms with Crippen LogP contribution >= 0.6 is 0 Å². The second-order valence-electron chi connectivity index (χ2n) is 16.9. The molecule has 15 nitrogen and oxygen atoms in total. The molecule has 4 aliphatic rings. The molecule has 306 valence electrons. The van der Waals surface area contributed by atoms with Gasteiger partial charge in [-0.15, -0.1) is 0 Å². The molecule has 18 atom stereocenters. The highest BCUT2D eigenvalue weighted by atomic mass is 16.8. The zero-order chi connectivity index (χ0) is 40.0. The van der Waals surface area contributed by atoms with Crippen molar-refractivity contribution in [2.24, 2.45) is 23.7 Å². The summed E-state index contributed by atoms with van der Waals surface area (Å²) < 4.78 is 48.7. The first-order chi connectivity index (χ1) is 24.5.